The second kappa shape index (κ2) is 6.84. The second-order valence-electron chi connectivity index (χ2n) is 7.10. The topological polar surface area (TPSA) is 98.9 Å². The van der Waals surface area contributed by atoms with Gasteiger partial charge in [0, 0.05) is 13.5 Å². The normalized spacial score (nSPS) is 27.4. The van der Waals surface area contributed by atoms with Crippen LogP contribution >= 0.6 is 0 Å². The van der Waals surface area contributed by atoms with Gasteiger partial charge >= 0.3 is 18.1 Å². The predicted molar refractivity (Wildman–Crippen MR) is 83.5 cm³/mol. The minimum Gasteiger partial charge on any atom is -0.444 e. The van der Waals surface area contributed by atoms with E-state index in [0.29, 0.717) is 6.42 Å². The van der Waals surface area contributed by atoms with Crippen molar-refractivity contribution in [3.05, 3.63) is 0 Å². The first kappa shape index (κ1) is 19.4. The lowest BCUT2D eigenvalue weighted by atomic mass is 10.2. The van der Waals surface area contributed by atoms with Crippen molar-refractivity contribution in [1.29, 1.82) is 0 Å². The Morgan fingerprint density at radius 3 is 2.26 bits per heavy atom. The van der Waals surface area contributed by atoms with E-state index in [2.05, 4.69) is 0 Å². The van der Waals surface area contributed by atoms with Crippen molar-refractivity contribution in [2.75, 3.05) is 27.2 Å². The highest BCUT2D eigenvalue weighted by Gasteiger charge is 2.56. The van der Waals surface area contributed by atoms with Gasteiger partial charge in [0.15, 0.2) is 0 Å². The number of hydrogen-bond acceptors (Lipinski definition) is 6. The average molecular weight is 330 g/mol. The van der Waals surface area contributed by atoms with E-state index in [1.807, 2.05) is 0 Å². The number of carbonyl (C=O) groups is 3. The smallest absolute Gasteiger partial charge is 0.444 e. The predicted octanol–water partition coefficient (Wildman–Crippen LogP) is 1.08. The van der Waals surface area contributed by atoms with Gasteiger partial charge in [0.1, 0.15) is 24.7 Å². The molecule has 1 saturated heterocycles. The molecule has 3 amide bonds. The monoisotopic (exact) mass is 330 g/mol. The zero-order valence-corrected chi connectivity index (χ0v) is 14.8. The van der Waals surface area contributed by atoms with Gasteiger partial charge in [0.05, 0.1) is 13.2 Å². The molecule has 1 aliphatic heterocycles. The van der Waals surface area contributed by atoms with Crippen molar-refractivity contribution in [1.82, 2.24) is 4.90 Å². The molecule has 0 radical (unpaired) electrons. The second-order valence-corrected chi connectivity index (χ2v) is 7.10. The summed E-state index contributed by atoms with van der Waals surface area (Å²) in [6.07, 6.45) is -0.727. The largest absolute Gasteiger partial charge is 0.523 e. The fourth-order valence-corrected chi connectivity index (χ4v) is 2.84. The van der Waals surface area contributed by atoms with E-state index >= 15 is 0 Å². The molecule has 1 aliphatic rings. The number of carbonyl (C=O) groups excluding carboxylic acids is 3. The maximum atomic E-state index is 12.8. The summed E-state index contributed by atoms with van der Waals surface area (Å²) in [6.45, 7) is 6.94. The number of quaternary nitrogens is 1. The van der Waals surface area contributed by atoms with Crippen LogP contribution in [0.3, 0.4) is 0 Å². The standard InChI is InChI=1S/C15H28N3O5/c1-10-7-11(16)9-18(10,14(21)22-6)12(19)8-17(5)13(20)23-15(2,3)4/h10-11H,7-9,16H2,1-6H3/q+1/t10-,11+,18-/m1/s1. The minimum absolute atomic E-state index is 0.175. The van der Waals surface area contributed by atoms with Gasteiger partial charge in [-0.05, 0) is 27.7 Å². The Balaban J connectivity index is 2.92. The molecule has 1 fully saturated rings. The molecule has 132 valence electrons. The van der Waals surface area contributed by atoms with Crippen molar-refractivity contribution in [2.45, 2.75) is 51.8 Å². The van der Waals surface area contributed by atoms with E-state index < -0.39 is 28.2 Å². The maximum Gasteiger partial charge on any atom is 0.523 e. The molecule has 0 saturated carbocycles. The summed E-state index contributed by atoms with van der Waals surface area (Å²) >= 11 is 0. The summed E-state index contributed by atoms with van der Waals surface area (Å²) in [4.78, 5) is 38.2. The maximum absolute atomic E-state index is 12.8. The first-order valence-corrected chi connectivity index (χ1v) is 7.63. The van der Waals surface area contributed by atoms with Crippen molar-refractivity contribution >= 4 is 18.1 Å². The van der Waals surface area contributed by atoms with E-state index in [9.17, 15) is 14.4 Å². The lowest BCUT2D eigenvalue weighted by Gasteiger charge is -2.32. The van der Waals surface area contributed by atoms with E-state index in [0.717, 1.165) is 4.90 Å². The molecule has 8 nitrogen and oxygen atoms in total. The molecule has 1 heterocycles. The number of hydrogen-bond donors (Lipinski definition) is 1. The van der Waals surface area contributed by atoms with E-state index in [1.165, 1.54) is 14.2 Å². The molecule has 0 unspecified atom stereocenters. The highest BCUT2D eigenvalue weighted by atomic mass is 16.6. The van der Waals surface area contributed by atoms with Crippen molar-refractivity contribution in [3.8, 4) is 0 Å². The molecule has 0 aromatic rings. The van der Waals surface area contributed by atoms with Gasteiger partial charge in [-0.15, -0.1) is 0 Å². The molecule has 0 bridgehead atoms. The van der Waals surface area contributed by atoms with Crippen LogP contribution in [-0.4, -0.2) is 72.4 Å². The zero-order chi connectivity index (χ0) is 18.0. The van der Waals surface area contributed by atoms with Crippen LogP contribution in [0.5, 0.6) is 0 Å². The Morgan fingerprint density at radius 1 is 1.30 bits per heavy atom. The van der Waals surface area contributed by atoms with Crippen LogP contribution in [0.1, 0.15) is 34.1 Å². The molecule has 0 aromatic heterocycles. The van der Waals surface area contributed by atoms with Gasteiger partial charge in [-0.2, -0.15) is 9.28 Å². The number of likely N-dealkylation sites (N-methyl/N-ethyl adjacent to an activating group) is 1. The van der Waals surface area contributed by atoms with Gasteiger partial charge in [-0.3, -0.25) is 4.90 Å². The van der Waals surface area contributed by atoms with Crippen LogP contribution in [-0.2, 0) is 14.3 Å². The molecule has 2 N–H and O–H groups in total. The van der Waals surface area contributed by atoms with Gasteiger partial charge in [-0.25, -0.2) is 9.59 Å². The lowest BCUT2D eigenvalue weighted by Crippen LogP contribution is -2.62. The number of ether oxygens (including phenoxy) is 2. The SMILES string of the molecule is COC(=O)[N@+]1(C(=O)CN(C)C(=O)OC(C)(C)C)C[C@@H](N)C[C@H]1C. The number of likely N-dealkylation sites (tertiary alicyclic amines) is 1. The fraction of sp³-hybridized carbons (Fsp3) is 0.800. The number of nitrogens with zero attached hydrogens (tertiary/aromatic N) is 2. The highest BCUT2D eigenvalue weighted by molar-refractivity contribution is 5.85. The third kappa shape index (κ3) is 4.20. The first-order valence-electron chi connectivity index (χ1n) is 7.63. The molecule has 3 atom stereocenters. The Hall–Kier alpha value is -1.67. The number of rotatable bonds is 2. The van der Waals surface area contributed by atoms with Crippen LogP contribution in [0.4, 0.5) is 9.59 Å². The Bertz CT molecular complexity index is 488. The Morgan fingerprint density at radius 2 is 1.87 bits per heavy atom. The fourth-order valence-electron chi connectivity index (χ4n) is 2.84. The van der Waals surface area contributed by atoms with Crippen LogP contribution < -0.4 is 5.73 Å². The summed E-state index contributed by atoms with van der Waals surface area (Å²) in [5.41, 5.74) is 5.26. The first-order chi connectivity index (χ1) is 10.4. The third-order valence-electron chi connectivity index (χ3n) is 3.94. The van der Waals surface area contributed by atoms with E-state index in [1.54, 1.807) is 27.7 Å². The summed E-state index contributed by atoms with van der Waals surface area (Å²) < 4.78 is 9.54. The molecule has 23 heavy (non-hydrogen) atoms. The van der Waals surface area contributed by atoms with Gasteiger partial charge in [0.2, 0.25) is 0 Å². The molecule has 0 spiro atoms. The summed E-state index contributed by atoms with van der Waals surface area (Å²) in [5.74, 6) is -0.425. The third-order valence-corrected chi connectivity index (χ3v) is 3.94. The van der Waals surface area contributed by atoms with Crippen molar-refractivity contribution < 1.29 is 28.3 Å². The van der Waals surface area contributed by atoms with Crippen molar-refractivity contribution in [2.24, 2.45) is 5.73 Å². The zero-order valence-electron chi connectivity index (χ0n) is 14.8. The lowest BCUT2D eigenvalue weighted by molar-refractivity contribution is -0.792. The van der Waals surface area contributed by atoms with Gasteiger partial charge in [-0.1, -0.05) is 0 Å². The van der Waals surface area contributed by atoms with Crippen LogP contribution in [0, 0.1) is 0 Å². The molecular weight excluding hydrogens is 302 g/mol. The summed E-state index contributed by atoms with van der Waals surface area (Å²) in [7, 11) is 2.70. The molecule has 0 aromatic carbocycles. The molecule has 0 aliphatic carbocycles. The quantitative estimate of drug-likeness (QED) is 0.761. The number of amides is 3. The highest BCUT2D eigenvalue weighted by Crippen LogP contribution is 2.28. The number of nitrogens with two attached hydrogens (primary N) is 1. The average Bonchev–Trinajstić information content (AvgIpc) is 2.71. The Labute approximate surface area is 137 Å². The number of imide groups is 1. The van der Waals surface area contributed by atoms with E-state index in [-0.39, 0.29) is 25.2 Å². The van der Waals surface area contributed by atoms with E-state index in [4.69, 9.17) is 15.2 Å². The van der Waals surface area contributed by atoms with Crippen LogP contribution in [0.25, 0.3) is 0 Å². The summed E-state index contributed by atoms with van der Waals surface area (Å²) in [5, 5.41) is 0. The van der Waals surface area contributed by atoms with Crippen LogP contribution in [0.2, 0.25) is 0 Å². The van der Waals surface area contributed by atoms with Crippen LogP contribution in [0.15, 0.2) is 0 Å². The Kier molecular flexibility index (Phi) is 5.76. The van der Waals surface area contributed by atoms with Gasteiger partial charge in [0.25, 0.3) is 0 Å². The van der Waals surface area contributed by atoms with Gasteiger partial charge < -0.3 is 15.2 Å². The van der Waals surface area contributed by atoms with Crippen molar-refractivity contribution in [3.63, 3.8) is 0 Å². The number of methoxy groups -OCH3 is 1. The molecule has 8 heteroatoms. The summed E-state index contributed by atoms with van der Waals surface area (Å²) in [6, 6.07) is -0.558. The minimum atomic E-state index is -0.660. The molecule has 1 rings (SSSR count). The molecular formula is C15H28N3O5+.